The Labute approximate surface area is 194 Å². The van der Waals surface area contributed by atoms with Crippen molar-refractivity contribution in [1.82, 2.24) is 15.2 Å². The number of phenolic OH excluding ortho intramolecular Hbond substituents is 1. The number of thioether (sulfide) groups is 1. The SMILES string of the molecule is CCOc1cc(C2Nc3ccc(Br)cc3-c3nnc(SCC)nc3O2)cc(Br)c1O. The molecule has 4 rings (SSSR count). The van der Waals surface area contributed by atoms with Crippen molar-refractivity contribution < 1.29 is 14.6 Å². The second-order valence-corrected chi connectivity index (χ2v) is 9.30. The summed E-state index contributed by atoms with van der Waals surface area (Å²) < 4.78 is 13.3. The van der Waals surface area contributed by atoms with Gasteiger partial charge in [0, 0.05) is 21.3 Å². The molecule has 0 aliphatic carbocycles. The Morgan fingerprint density at radius 3 is 2.80 bits per heavy atom. The quantitative estimate of drug-likeness (QED) is 0.384. The Morgan fingerprint density at radius 1 is 1.20 bits per heavy atom. The lowest BCUT2D eigenvalue weighted by Gasteiger charge is -2.21. The number of phenols is 1. The summed E-state index contributed by atoms with van der Waals surface area (Å²) in [4.78, 5) is 4.59. The monoisotopic (exact) mass is 552 g/mol. The lowest BCUT2D eigenvalue weighted by Crippen LogP contribution is -2.17. The van der Waals surface area contributed by atoms with E-state index in [1.54, 1.807) is 12.1 Å². The fourth-order valence-corrected chi connectivity index (χ4v) is 4.35. The van der Waals surface area contributed by atoms with Gasteiger partial charge in [0.15, 0.2) is 23.4 Å². The lowest BCUT2D eigenvalue weighted by molar-refractivity contribution is 0.224. The zero-order valence-corrected chi connectivity index (χ0v) is 20.1. The van der Waals surface area contributed by atoms with Gasteiger partial charge in [-0.15, -0.1) is 10.2 Å². The third-order valence-corrected chi connectivity index (χ3v) is 6.13. The zero-order valence-electron chi connectivity index (χ0n) is 16.1. The average Bonchev–Trinajstić information content (AvgIpc) is 2.88. The van der Waals surface area contributed by atoms with E-state index < -0.39 is 6.23 Å². The normalized spacial score (nSPS) is 14.7. The number of aromatic nitrogens is 3. The van der Waals surface area contributed by atoms with Crippen molar-refractivity contribution in [2.24, 2.45) is 0 Å². The Hall–Kier alpha value is -2.04. The zero-order chi connectivity index (χ0) is 21.3. The van der Waals surface area contributed by atoms with Gasteiger partial charge in [0.25, 0.3) is 0 Å². The Bertz CT molecular complexity index is 1100. The van der Waals surface area contributed by atoms with Crippen molar-refractivity contribution in [1.29, 1.82) is 0 Å². The van der Waals surface area contributed by atoms with Crippen LogP contribution >= 0.6 is 43.6 Å². The van der Waals surface area contributed by atoms with Gasteiger partial charge in [0.05, 0.1) is 11.1 Å². The standard InChI is InChI=1S/C20H18Br2N4O3S/c1-3-28-15-8-10(7-13(22)17(15)27)18-23-14-6-5-11(21)9-12(14)16-19(29-18)24-20(26-25-16)30-4-2/h5-9,18,23,27H,3-4H2,1-2H3. The maximum absolute atomic E-state index is 10.3. The molecule has 0 amide bonds. The summed E-state index contributed by atoms with van der Waals surface area (Å²) in [6, 6.07) is 9.37. The maximum Gasteiger partial charge on any atom is 0.247 e. The third kappa shape index (κ3) is 4.21. The van der Waals surface area contributed by atoms with Crippen LogP contribution in [-0.4, -0.2) is 32.6 Å². The number of fused-ring (bicyclic) bond motifs is 3. The highest BCUT2D eigenvalue weighted by Crippen LogP contribution is 2.43. The second kappa shape index (κ2) is 8.99. The van der Waals surface area contributed by atoms with Gasteiger partial charge in [-0.3, -0.25) is 0 Å². The van der Waals surface area contributed by atoms with Crippen LogP contribution in [0.2, 0.25) is 0 Å². The van der Waals surface area contributed by atoms with Crippen LogP contribution in [-0.2, 0) is 0 Å². The number of aromatic hydroxyl groups is 1. The molecule has 7 nitrogen and oxygen atoms in total. The minimum atomic E-state index is -0.585. The molecular weight excluding hydrogens is 536 g/mol. The number of hydrogen-bond acceptors (Lipinski definition) is 8. The van der Waals surface area contributed by atoms with Crippen LogP contribution in [0.4, 0.5) is 5.69 Å². The molecule has 3 aromatic rings. The maximum atomic E-state index is 10.3. The highest BCUT2D eigenvalue weighted by atomic mass is 79.9. The van der Waals surface area contributed by atoms with E-state index in [0.29, 0.717) is 33.6 Å². The number of nitrogens with one attached hydrogen (secondary N) is 1. The van der Waals surface area contributed by atoms with E-state index >= 15 is 0 Å². The van der Waals surface area contributed by atoms with E-state index in [4.69, 9.17) is 9.47 Å². The van der Waals surface area contributed by atoms with Gasteiger partial charge in [-0.25, -0.2) is 0 Å². The number of benzene rings is 2. The Morgan fingerprint density at radius 2 is 2.03 bits per heavy atom. The van der Waals surface area contributed by atoms with Crippen molar-refractivity contribution in [2.45, 2.75) is 25.2 Å². The topological polar surface area (TPSA) is 89.4 Å². The van der Waals surface area contributed by atoms with Crippen LogP contribution in [0.3, 0.4) is 0 Å². The fourth-order valence-electron chi connectivity index (χ4n) is 3.02. The van der Waals surface area contributed by atoms with Gasteiger partial charge >= 0.3 is 0 Å². The second-order valence-electron chi connectivity index (χ2n) is 6.30. The van der Waals surface area contributed by atoms with Crippen molar-refractivity contribution >= 4 is 49.3 Å². The van der Waals surface area contributed by atoms with E-state index in [2.05, 4.69) is 52.4 Å². The molecule has 0 bridgehead atoms. The summed E-state index contributed by atoms with van der Waals surface area (Å²) in [5.74, 6) is 1.63. The van der Waals surface area contributed by atoms with Gasteiger partial charge in [-0.05, 0) is 58.9 Å². The predicted molar refractivity (Wildman–Crippen MR) is 123 cm³/mol. The summed E-state index contributed by atoms with van der Waals surface area (Å²) in [6.07, 6.45) is -0.585. The largest absolute Gasteiger partial charge is 0.503 e. The van der Waals surface area contributed by atoms with Gasteiger partial charge in [-0.2, -0.15) is 4.98 Å². The highest BCUT2D eigenvalue weighted by Gasteiger charge is 2.27. The van der Waals surface area contributed by atoms with Gasteiger partial charge in [0.2, 0.25) is 11.0 Å². The molecule has 2 aromatic carbocycles. The van der Waals surface area contributed by atoms with Crippen molar-refractivity contribution in [2.75, 3.05) is 17.7 Å². The van der Waals surface area contributed by atoms with Crippen molar-refractivity contribution in [3.63, 3.8) is 0 Å². The Kier molecular flexibility index (Phi) is 6.35. The fraction of sp³-hybridized carbons (Fsp3) is 0.250. The molecule has 0 saturated heterocycles. The van der Waals surface area contributed by atoms with E-state index in [1.165, 1.54) is 11.8 Å². The third-order valence-electron chi connectivity index (χ3n) is 4.31. The molecular formula is C20H18Br2N4O3S. The number of ether oxygens (including phenoxy) is 2. The molecule has 2 N–H and O–H groups in total. The molecule has 0 fully saturated rings. The van der Waals surface area contributed by atoms with E-state index in [9.17, 15) is 5.11 Å². The summed E-state index contributed by atoms with van der Waals surface area (Å²) in [6.45, 7) is 4.32. The van der Waals surface area contributed by atoms with Crippen LogP contribution in [0, 0.1) is 0 Å². The molecule has 1 unspecified atom stereocenters. The molecule has 156 valence electrons. The van der Waals surface area contributed by atoms with Crippen molar-refractivity contribution in [3.8, 4) is 28.6 Å². The number of anilines is 1. The van der Waals surface area contributed by atoms with E-state index in [1.807, 2.05) is 32.0 Å². The average molecular weight is 554 g/mol. The molecule has 1 aliphatic rings. The Balaban J connectivity index is 1.84. The predicted octanol–water partition coefficient (Wildman–Crippen LogP) is 5.78. The summed E-state index contributed by atoms with van der Waals surface area (Å²) >= 11 is 8.41. The number of rotatable bonds is 5. The first-order valence-electron chi connectivity index (χ1n) is 9.26. The minimum Gasteiger partial charge on any atom is -0.503 e. The molecule has 10 heteroatoms. The first-order valence-corrected chi connectivity index (χ1v) is 11.8. The van der Waals surface area contributed by atoms with Crippen LogP contribution in [0.25, 0.3) is 11.3 Å². The molecule has 2 heterocycles. The number of nitrogens with zero attached hydrogens (tertiary/aromatic N) is 3. The van der Waals surface area contributed by atoms with Gasteiger partial charge in [-0.1, -0.05) is 34.6 Å². The molecule has 1 aliphatic heterocycles. The molecule has 0 radical (unpaired) electrons. The van der Waals surface area contributed by atoms with Crippen LogP contribution < -0.4 is 14.8 Å². The number of halogens is 2. The van der Waals surface area contributed by atoms with Crippen LogP contribution in [0.15, 0.2) is 44.4 Å². The minimum absolute atomic E-state index is 0.0459. The highest BCUT2D eigenvalue weighted by molar-refractivity contribution is 9.10. The van der Waals surface area contributed by atoms with Crippen molar-refractivity contribution in [3.05, 3.63) is 44.8 Å². The lowest BCUT2D eigenvalue weighted by atomic mass is 10.1. The summed E-state index contributed by atoms with van der Waals surface area (Å²) in [7, 11) is 0. The summed E-state index contributed by atoms with van der Waals surface area (Å²) in [5.41, 5.74) is 2.98. The van der Waals surface area contributed by atoms with E-state index in [-0.39, 0.29) is 5.75 Å². The van der Waals surface area contributed by atoms with Crippen LogP contribution in [0.1, 0.15) is 25.6 Å². The van der Waals surface area contributed by atoms with Gasteiger partial charge in [0.1, 0.15) is 0 Å². The molecule has 0 spiro atoms. The molecule has 1 aromatic heterocycles. The van der Waals surface area contributed by atoms with Gasteiger partial charge < -0.3 is 19.9 Å². The first kappa shape index (κ1) is 21.2. The summed E-state index contributed by atoms with van der Waals surface area (Å²) in [5, 5.41) is 22.9. The molecule has 0 saturated carbocycles. The molecule has 30 heavy (non-hydrogen) atoms. The smallest absolute Gasteiger partial charge is 0.247 e. The van der Waals surface area contributed by atoms with E-state index in [0.717, 1.165) is 27.0 Å². The number of hydrogen-bond donors (Lipinski definition) is 2. The molecule has 1 atom stereocenters. The first-order chi connectivity index (χ1) is 14.5. The van der Waals surface area contributed by atoms with Crippen LogP contribution in [0.5, 0.6) is 17.4 Å².